The largest absolute Gasteiger partial charge is 0.466 e. The maximum Gasteiger partial charge on any atom is 0.305 e. The molecule has 0 saturated heterocycles. The van der Waals surface area contributed by atoms with Gasteiger partial charge in [0, 0.05) is 20.6 Å². The van der Waals surface area contributed by atoms with E-state index in [0.717, 1.165) is 27.1 Å². The maximum absolute atomic E-state index is 11.0. The molecule has 0 atom stereocenters. The summed E-state index contributed by atoms with van der Waals surface area (Å²) in [7, 11) is 4.23. The summed E-state index contributed by atoms with van der Waals surface area (Å²) in [5, 5.41) is 14.0. The van der Waals surface area contributed by atoms with Crippen LogP contribution in [0.1, 0.15) is 269 Å². The zero-order valence-electron chi connectivity index (χ0n) is 40.3. The number of carbonyl (C=O) groups is 1. The second-order valence-corrected chi connectivity index (χ2v) is 13.3. The summed E-state index contributed by atoms with van der Waals surface area (Å²) in [6.07, 6.45) is 38.5. The van der Waals surface area contributed by atoms with Gasteiger partial charge in [-0.3, -0.25) is 4.79 Å². The van der Waals surface area contributed by atoms with Crippen LogP contribution < -0.4 is 0 Å². The Labute approximate surface area is 340 Å². The van der Waals surface area contributed by atoms with E-state index in [-0.39, 0.29) is 5.97 Å². The van der Waals surface area contributed by atoms with Crippen LogP contribution in [-0.2, 0) is 9.53 Å². The lowest BCUT2D eigenvalue weighted by molar-refractivity contribution is -0.143. The van der Waals surface area contributed by atoms with E-state index in [1.807, 2.05) is 34.6 Å². The van der Waals surface area contributed by atoms with E-state index in [4.69, 9.17) is 14.9 Å². The number of hydrogen-bond acceptors (Lipinski definition) is 5. The Morgan fingerprint density at radius 1 is 0.377 bits per heavy atom. The fourth-order valence-electron chi connectivity index (χ4n) is 5.06. The lowest BCUT2D eigenvalue weighted by Gasteiger charge is -2.14. The molecule has 0 heterocycles. The summed E-state index contributed by atoms with van der Waals surface area (Å²) >= 11 is 0. The Morgan fingerprint density at radius 3 is 0.906 bits per heavy atom. The molecule has 2 N–H and O–H groups in total. The highest BCUT2D eigenvalue weighted by Crippen LogP contribution is 2.09. The van der Waals surface area contributed by atoms with Crippen molar-refractivity contribution in [1.29, 1.82) is 0 Å². The molecule has 5 heteroatoms. The number of nitrogens with zero attached hydrogens (tertiary/aromatic N) is 1. The number of carbonyl (C=O) groups excluding carboxylic acids is 1. The van der Waals surface area contributed by atoms with Gasteiger partial charge in [0.1, 0.15) is 0 Å². The number of ether oxygens (including phenoxy) is 1. The Balaban J connectivity index is -0.0000000817. The first-order valence-electron chi connectivity index (χ1n) is 23.7. The van der Waals surface area contributed by atoms with Crippen LogP contribution in [0.2, 0.25) is 0 Å². The molecule has 0 aliphatic carbocycles. The van der Waals surface area contributed by atoms with Gasteiger partial charge in [0.25, 0.3) is 0 Å². The van der Waals surface area contributed by atoms with Gasteiger partial charge in [0.15, 0.2) is 0 Å². The van der Waals surface area contributed by atoms with Gasteiger partial charge in [-0.1, -0.05) is 237 Å². The van der Waals surface area contributed by atoms with Crippen molar-refractivity contribution in [1.82, 2.24) is 4.90 Å². The molecule has 0 aliphatic heterocycles. The van der Waals surface area contributed by atoms with Crippen molar-refractivity contribution in [2.45, 2.75) is 269 Å². The minimum absolute atomic E-state index is 0.0366. The molecule has 0 radical (unpaired) electrons. The van der Waals surface area contributed by atoms with Crippen LogP contribution in [0.25, 0.3) is 0 Å². The van der Waals surface area contributed by atoms with Crippen LogP contribution in [0.3, 0.4) is 0 Å². The summed E-state index contributed by atoms with van der Waals surface area (Å²) in [6, 6.07) is 0. The van der Waals surface area contributed by atoms with Crippen LogP contribution in [-0.4, -0.2) is 62.0 Å². The van der Waals surface area contributed by atoms with Crippen LogP contribution in [0.15, 0.2) is 0 Å². The molecular formula is C48H111NO4. The molecule has 0 aromatic heterocycles. The Hall–Kier alpha value is -0.650. The van der Waals surface area contributed by atoms with Gasteiger partial charge in [-0.2, -0.15) is 0 Å². The number of unbranched alkanes of at least 4 members (excludes halogenated alkanes) is 22. The highest BCUT2D eigenvalue weighted by molar-refractivity contribution is 5.69. The molecule has 0 aromatic carbocycles. The van der Waals surface area contributed by atoms with Gasteiger partial charge in [0.2, 0.25) is 0 Å². The molecule has 332 valence electrons. The number of aliphatic hydroxyl groups is 2. The van der Waals surface area contributed by atoms with E-state index in [9.17, 15) is 4.79 Å². The highest BCUT2D eigenvalue weighted by Gasteiger charge is 1.99. The predicted octanol–water partition coefficient (Wildman–Crippen LogP) is 16.2. The Morgan fingerprint density at radius 2 is 0.642 bits per heavy atom. The van der Waals surface area contributed by atoms with Crippen molar-refractivity contribution in [2.75, 3.05) is 41.0 Å². The van der Waals surface area contributed by atoms with Crippen molar-refractivity contribution in [3.05, 3.63) is 0 Å². The summed E-state index contributed by atoms with van der Waals surface area (Å²) in [5.41, 5.74) is 0. The highest BCUT2D eigenvalue weighted by atomic mass is 16.5. The SMILES string of the molecule is CC.CC.CCCCCCCC.CCCCCCCCC.CCCCCCCCCCOC(=O)CCC.CCCCCCCN(C)CCC.CO.CO. The van der Waals surface area contributed by atoms with Crippen LogP contribution in [0.4, 0.5) is 0 Å². The van der Waals surface area contributed by atoms with Crippen molar-refractivity contribution in [2.24, 2.45) is 0 Å². The summed E-state index contributed by atoms with van der Waals surface area (Å²) in [6.45, 7) is 29.0. The third-order valence-electron chi connectivity index (χ3n) is 8.13. The quantitative estimate of drug-likeness (QED) is 0.0563. The first-order chi connectivity index (χ1) is 25.9. The number of aliphatic hydroxyl groups excluding tert-OH is 2. The Bertz CT molecular complexity index is 464. The lowest BCUT2D eigenvalue weighted by Crippen LogP contribution is -2.20. The number of hydrogen-bond donors (Lipinski definition) is 2. The van der Waals surface area contributed by atoms with E-state index in [1.165, 1.54) is 180 Å². The molecule has 53 heavy (non-hydrogen) atoms. The zero-order chi connectivity index (χ0) is 42.5. The van der Waals surface area contributed by atoms with E-state index < -0.39 is 0 Å². The minimum atomic E-state index is -0.0366. The lowest BCUT2D eigenvalue weighted by atomic mass is 10.1. The van der Waals surface area contributed by atoms with Gasteiger partial charge in [0.05, 0.1) is 6.61 Å². The molecule has 5 nitrogen and oxygen atoms in total. The average molecular weight is 766 g/mol. The molecule has 0 aliphatic rings. The predicted molar refractivity (Wildman–Crippen MR) is 247 cm³/mol. The third-order valence-corrected chi connectivity index (χ3v) is 8.13. The van der Waals surface area contributed by atoms with Crippen LogP contribution in [0, 0.1) is 0 Å². The standard InChI is InChI=1S/C14H28O2.C11H25N.C9H20.C8H18.2C2H6.2CH4O/c1-3-5-6-7-8-9-10-11-13-16-14(15)12-4-2;1-4-6-7-8-9-11-12(3)10-5-2;1-3-5-7-9-8-6-4-2;1-3-5-7-8-6-4-2;4*1-2/h3-13H2,1-2H3;4-11H2,1-3H3;3-9H2,1-2H3;3-8H2,1-2H3;2*1-2H3;2*2H,1H3. The Kier molecular flexibility index (Phi) is 117. The fraction of sp³-hybridized carbons (Fsp3) is 0.979. The van der Waals surface area contributed by atoms with Crippen LogP contribution in [0.5, 0.6) is 0 Å². The smallest absolute Gasteiger partial charge is 0.305 e. The first kappa shape index (κ1) is 70.2. The van der Waals surface area contributed by atoms with Crippen molar-refractivity contribution < 1.29 is 19.7 Å². The number of esters is 1. The normalized spacial score (nSPS) is 9.25. The fourth-order valence-corrected chi connectivity index (χ4v) is 5.06. The van der Waals surface area contributed by atoms with Gasteiger partial charge in [-0.15, -0.1) is 0 Å². The molecule has 0 fully saturated rings. The molecule has 0 saturated carbocycles. The average Bonchev–Trinajstić information content (AvgIpc) is 3.20. The summed E-state index contributed by atoms with van der Waals surface area (Å²) in [5.74, 6) is -0.0366. The minimum Gasteiger partial charge on any atom is -0.466 e. The van der Waals surface area contributed by atoms with E-state index in [1.54, 1.807) is 0 Å². The molecule has 0 spiro atoms. The maximum atomic E-state index is 11.0. The second-order valence-electron chi connectivity index (χ2n) is 13.3. The van der Waals surface area contributed by atoms with Gasteiger partial charge >= 0.3 is 5.97 Å². The van der Waals surface area contributed by atoms with Crippen molar-refractivity contribution in [3.8, 4) is 0 Å². The van der Waals surface area contributed by atoms with Gasteiger partial charge < -0.3 is 19.8 Å². The van der Waals surface area contributed by atoms with E-state index >= 15 is 0 Å². The molecule has 0 unspecified atom stereocenters. The summed E-state index contributed by atoms with van der Waals surface area (Å²) < 4.78 is 5.09. The first-order valence-corrected chi connectivity index (χ1v) is 23.7. The van der Waals surface area contributed by atoms with Crippen molar-refractivity contribution >= 4 is 5.97 Å². The third kappa shape index (κ3) is 106. The van der Waals surface area contributed by atoms with E-state index in [2.05, 4.69) is 60.4 Å². The van der Waals surface area contributed by atoms with Crippen LogP contribution >= 0.6 is 0 Å². The molecule has 0 aromatic rings. The molecular weight excluding hydrogens is 655 g/mol. The zero-order valence-corrected chi connectivity index (χ0v) is 40.3. The second kappa shape index (κ2) is 88.5. The summed E-state index contributed by atoms with van der Waals surface area (Å²) in [4.78, 5) is 13.5. The van der Waals surface area contributed by atoms with Gasteiger partial charge in [-0.25, -0.2) is 0 Å². The topological polar surface area (TPSA) is 70.0 Å². The molecule has 0 rings (SSSR count). The monoisotopic (exact) mass is 766 g/mol. The van der Waals surface area contributed by atoms with Gasteiger partial charge in [-0.05, 0) is 45.8 Å². The van der Waals surface area contributed by atoms with E-state index in [0.29, 0.717) is 13.0 Å². The molecule has 0 bridgehead atoms. The van der Waals surface area contributed by atoms with Crippen molar-refractivity contribution in [3.63, 3.8) is 0 Å². The molecule has 0 amide bonds. The number of rotatable bonds is 30.